The first-order valence-electron chi connectivity index (χ1n) is 6.57. The van der Waals surface area contributed by atoms with E-state index in [0.29, 0.717) is 24.0 Å². The van der Waals surface area contributed by atoms with Crippen molar-refractivity contribution in [1.29, 1.82) is 0 Å². The number of aliphatic hydroxyl groups excluding tert-OH is 1. The second kappa shape index (κ2) is 3.56. The largest absolute Gasteiger partial charge is 0.479 e. The van der Waals surface area contributed by atoms with Crippen LogP contribution in [0, 0.1) is 10.8 Å². The van der Waals surface area contributed by atoms with Gasteiger partial charge in [0.15, 0.2) is 5.54 Å². The van der Waals surface area contributed by atoms with E-state index in [2.05, 4.69) is 24.0 Å². The number of aliphatic hydroxyl groups is 1. The number of hydrogen-bond acceptors (Lipinski definition) is 4. The molecule has 2 fully saturated rings. The zero-order chi connectivity index (χ0) is 13.9. The summed E-state index contributed by atoms with van der Waals surface area (Å²) in [5, 5.41) is 26.7. The summed E-state index contributed by atoms with van der Waals surface area (Å²) < 4.78 is 0. The quantitative estimate of drug-likeness (QED) is 0.856. The Morgan fingerprint density at radius 2 is 2.00 bits per heavy atom. The zero-order valence-corrected chi connectivity index (χ0v) is 11.3. The highest BCUT2D eigenvalue weighted by Crippen LogP contribution is 2.68. The van der Waals surface area contributed by atoms with Crippen LogP contribution in [0.4, 0.5) is 0 Å². The van der Waals surface area contributed by atoms with Gasteiger partial charge in [0.05, 0.1) is 12.8 Å². The molecular weight excluding hydrogens is 246 g/mol. The predicted molar refractivity (Wildman–Crippen MR) is 66.2 cm³/mol. The van der Waals surface area contributed by atoms with E-state index in [9.17, 15) is 9.90 Å². The highest BCUT2D eigenvalue weighted by molar-refractivity contribution is 5.78. The highest BCUT2D eigenvalue weighted by atomic mass is 16.4. The lowest BCUT2D eigenvalue weighted by molar-refractivity contribution is -0.190. The molecule has 104 valence electrons. The third kappa shape index (κ3) is 1.69. The molecule has 6 nitrogen and oxygen atoms in total. The maximum atomic E-state index is 11.6. The molecule has 0 saturated heterocycles. The lowest BCUT2D eigenvalue weighted by Crippen LogP contribution is -2.64. The second-order valence-corrected chi connectivity index (χ2v) is 6.99. The van der Waals surface area contributed by atoms with E-state index in [1.807, 2.05) is 0 Å². The van der Waals surface area contributed by atoms with Gasteiger partial charge in [-0.3, -0.25) is 0 Å². The van der Waals surface area contributed by atoms with Gasteiger partial charge in [-0.1, -0.05) is 13.8 Å². The van der Waals surface area contributed by atoms with Gasteiger partial charge in [-0.05, 0) is 36.5 Å². The third-order valence-electron chi connectivity index (χ3n) is 4.52. The SMILES string of the molecule is CC1(C)CC2(C1)CC(C(=O)O)(n1ncc(CO)n1)C2. The van der Waals surface area contributed by atoms with E-state index in [-0.39, 0.29) is 12.0 Å². The Balaban J connectivity index is 1.83. The molecule has 6 heteroatoms. The lowest BCUT2D eigenvalue weighted by Gasteiger charge is -2.64. The minimum Gasteiger partial charge on any atom is -0.479 e. The highest BCUT2D eigenvalue weighted by Gasteiger charge is 2.67. The molecule has 1 heterocycles. The summed E-state index contributed by atoms with van der Waals surface area (Å²) in [5.41, 5.74) is -0.104. The van der Waals surface area contributed by atoms with E-state index in [0.717, 1.165) is 12.8 Å². The Morgan fingerprint density at radius 3 is 2.42 bits per heavy atom. The molecule has 1 aromatic rings. The van der Waals surface area contributed by atoms with E-state index < -0.39 is 11.5 Å². The minimum absolute atomic E-state index is 0.162. The van der Waals surface area contributed by atoms with Gasteiger partial charge in [0.2, 0.25) is 0 Å². The lowest BCUT2D eigenvalue weighted by atomic mass is 9.41. The van der Waals surface area contributed by atoms with Gasteiger partial charge in [-0.15, -0.1) is 0 Å². The van der Waals surface area contributed by atoms with Crippen molar-refractivity contribution in [3.63, 3.8) is 0 Å². The van der Waals surface area contributed by atoms with Gasteiger partial charge in [0.1, 0.15) is 5.69 Å². The minimum atomic E-state index is -1.01. The summed E-state index contributed by atoms with van der Waals surface area (Å²) in [6.45, 7) is 4.22. The van der Waals surface area contributed by atoms with Crippen LogP contribution in [0.5, 0.6) is 0 Å². The van der Waals surface area contributed by atoms with Crippen LogP contribution in [0.15, 0.2) is 6.20 Å². The smallest absolute Gasteiger partial charge is 0.333 e. The second-order valence-electron chi connectivity index (χ2n) is 6.99. The summed E-state index contributed by atoms with van der Waals surface area (Å²) in [6, 6.07) is 0. The Kier molecular flexibility index (Phi) is 2.36. The topological polar surface area (TPSA) is 88.2 Å². The van der Waals surface area contributed by atoms with Crippen LogP contribution in [-0.2, 0) is 16.9 Å². The average molecular weight is 265 g/mol. The summed E-state index contributed by atoms with van der Waals surface area (Å²) >= 11 is 0. The van der Waals surface area contributed by atoms with E-state index in [4.69, 9.17) is 5.11 Å². The van der Waals surface area contributed by atoms with Crippen molar-refractivity contribution in [3.8, 4) is 0 Å². The zero-order valence-electron chi connectivity index (χ0n) is 11.3. The van der Waals surface area contributed by atoms with E-state index >= 15 is 0 Å². The molecule has 0 aromatic carbocycles. The number of aromatic nitrogens is 3. The van der Waals surface area contributed by atoms with Gasteiger partial charge in [-0.2, -0.15) is 15.0 Å². The molecule has 19 heavy (non-hydrogen) atoms. The number of carboxylic acids is 1. The van der Waals surface area contributed by atoms with Crippen molar-refractivity contribution >= 4 is 5.97 Å². The summed E-state index contributed by atoms with van der Waals surface area (Å²) in [7, 11) is 0. The van der Waals surface area contributed by atoms with Crippen LogP contribution < -0.4 is 0 Å². The van der Waals surface area contributed by atoms with Crippen molar-refractivity contribution in [2.45, 2.75) is 51.7 Å². The number of nitrogens with zero attached hydrogens (tertiary/aromatic N) is 3. The normalized spacial score (nSPS) is 25.6. The molecule has 0 atom stereocenters. The molecule has 3 rings (SSSR count). The van der Waals surface area contributed by atoms with E-state index in [1.165, 1.54) is 11.0 Å². The first-order valence-corrected chi connectivity index (χ1v) is 6.57. The van der Waals surface area contributed by atoms with Gasteiger partial charge in [0, 0.05) is 0 Å². The Hall–Kier alpha value is -1.43. The summed E-state index contributed by atoms with van der Waals surface area (Å²) in [4.78, 5) is 12.9. The van der Waals surface area contributed by atoms with Gasteiger partial charge in [0.25, 0.3) is 0 Å². The Bertz CT molecular complexity index is 519. The maximum Gasteiger partial charge on any atom is 0.333 e. The molecule has 2 N–H and O–H groups in total. The van der Waals surface area contributed by atoms with E-state index in [1.54, 1.807) is 0 Å². The average Bonchev–Trinajstić information content (AvgIpc) is 2.69. The van der Waals surface area contributed by atoms with Crippen LogP contribution in [-0.4, -0.2) is 31.2 Å². The number of aliphatic carboxylic acids is 1. The molecule has 2 aliphatic carbocycles. The molecule has 0 unspecified atom stereocenters. The number of carbonyl (C=O) groups is 1. The summed E-state index contributed by atoms with van der Waals surface area (Å²) in [5.74, 6) is -0.872. The molecule has 2 aliphatic rings. The summed E-state index contributed by atoms with van der Waals surface area (Å²) in [6.07, 6.45) is 4.77. The van der Waals surface area contributed by atoms with Crippen molar-refractivity contribution in [2.75, 3.05) is 0 Å². The van der Waals surface area contributed by atoms with Crippen LogP contribution in [0.1, 0.15) is 45.2 Å². The molecule has 2 saturated carbocycles. The fourth-order valence-corrected chi connectivity index (χ4v) is 4.37. The fraction of sp³-hybridized carbons (Fsp3) is 0.769. The Labute approximate surface area is 111 Å². The molecule has 1 aromatic heterocycles. The van der Waals surface area contributed by atoms with Gasteiger partial charge >= 0.3 is 5.97 Å². The third-order valence-corrected chi connectivity index (χ3v) is 4.52. The van der Waals surface area contributed by atoms with Crippen molar-refractivity contribution < 1.29 is 15.0 Å². The monoisotopic (exact) mass is 265 g/mol. The van der Waals surface area contributed by atoms with Crippen LogP contribution >= 0.6 is 0 Å². The Morgan fingerprint density at radius 1 is 1.37 bits per heavy atom. The van der Waals surface area contributed by atoms with Gasteiger partial charge < -0.3 is 10.2 Å². The van der Waals surface area contributed by atoms with Crippen molar-refractivity contribution in [2.24, 2.45) is 10.8 Å². The van der Waals surface area contributed by atoms with Crippen LogP contribution in [0.3, 0.4) is 0 Å². The molecule has 0 radical (unpaired) electrons. The first kappa shape index (κ1) is 12.6. The predicted octanol–water partition coefficient (Wildman–Crippen LogP) is 1.15. The molecule has 1 spiro atoms. The molecule has 0 aliphatic heterocycles. The van der Waals surface area contributed by atoms with Crippen molar-refractivity contribution in [1.82, 2.24) is 15.0 Å². The van der Waals surface area contributed by atoms with Crippen LogP contribution in [0.25, 0.3) is 0 Å². The number of hydrogen-bond donors (Lipinski definition) is 2. The van der Waals surface area contributed by atoms with Gasteiger partial charge in [-0.25, -0.2) is 4.79 Å². The molecular formula is C13H19N3O3. The standard InChI is InChI=1S/C13H19N3O3/c1-11(2)5-12(6-11)7-13(8-12,10(18)19)16-14-3-9(4-17)15-16/h3,17H,4-8H2,1-2H3,(H,18,19). The number of carboxylic acid groups (broad SMARTS) is 1. The van der Waals surface area contributed by atoms with Crippen LogP contribution in [0.2, 0.25) is 0 Å². The molecule has 0 amide bonds. The first-order chi connectivity index (χ1) is 8.81. The fourth-order valence-electron chi connectivity index (χ4n) is 4.37. The molecule has 0 bridgehead atoms. The maximum absolute atomic E-state index is 11.6. The van der Waals surface area contributed by atoms with Crippen molar-refractivity contribution in [3.05, 3.63) is 11.9 Å². The number of rotatable bonds is 3.